The van der Waals surface area contributed by atoms with Gasteiger partial charge in [-0.05, 0) is 60.9 Å². The third kappa shape index (κ3) is 5.46. The second kappa shape index (κ2) is 11.1. The first-order valence-electron chi connectivity index (χ1n) is 11.9. The number of rotatable bonds is 7. The monoisotopic (exact) mass is 588 g/mol. The number of hydrazone groups is 1. The predicted molar refractivity (Wildman–Crippen MR) is 152 cm³/mol. The van der Waals surface area contributed by atoms with Gasteiger partial charge in [0.1, 0.15) is 6.04 Å². The molecule has 38 heavy (non-hydrogen) atoms. The zero-order valence-corrected chi connectivity index (χ0v) is 23.1. The van der Waals surface area contributed by atoms with Crippen LogP contribution in [-0.2, 0) is 21.4 Å². The first-order chi connectivity index (χ1) is 18.2. The summed E-state index contributed by atoms with van der Waals surface area (Å²) in [5.41, 5.74) is 5.22. The standard InChI is InChI=1S/C27H23Cl3N4O3S/c28-20-9-11-22(12-10-20)38(36,37)34-13-3-6-26(34)27(35)32-31-15-19-17-33(25-5-2-1-4-23(19)25)16-18-7-8-21(29)14-24(18)30/h1-2,4-5,7-12,14-15,17,26H,3,6,13,16H2,(H,32,35)/b31-15-/t26-/m1/s1. The van der Waals surface area contributed by atoms with E-state index in [2.05, 4.69) is 10.5 Å². The number of sulfonamides is 1. The van der Waals surface area contributed by atoms with Crippen LogP contribution in [0.5, 0.6) is 0 Å². The molecule has 0 aliphatic carbocycles. The number of carbonyl (C=O) groups excluding carboxylic acids is 1. The Morgan fingerprint density at radius 2 is 1.76 bits per heavy atom. The number of carbonyl (C=O) groups is 1. The van der Waals surface area contributed by atoms with E-state index in [4.69, 9.17) is 34.8 Å². The Kier molecular flexibility index (Phi) is 7.79. The van der Waals surface area contributed by atoms with Crippen molar-refractivity contribution < 1.29 is 13.2 Å². The summed E-state index contributed by atoms with van der Waals surface area (Å²) in [7, 11) is -3.85. The Morgan fingerprint density at radius 1 is 1.03 bits per heavy atom. The van der Waals surface area contributed by atoms with Gasteiger partial charge >= 0.3 is 0 Å². The third-order valence-corrected chi connectivity index (χ3v) is 9.24. The van der Waals surface area contributed by atoms with Crippen LogP contribution in [0.15, 0.2) is 82.9 Å². The largest absolute Gasteiger partial charge is 0.342 e. The molecule has 1 saturated heterocycles. The van der Waals surface area contributed by atoms with Gasteiger partial charge in [-0.15, -0.1) is 0 Å². The molecule has 0 saturated carbocycles. The molecule has 1 aromatic heterocycles. The van der Waals surface area contributed by atoms with Crippen molar-refractivity contribution in [1.29, 1.82) is 0 Å². The normalized spacial score (nSPS) is 16.4. The van der Waals surface area contributed by atoms with Crippen LogP contribution in [0.4, 0.5) is 0 Å². The van der Waals surface area contributed by atoms with Gasteiger partial charge in [0.2, 0.25) is 10.0 Å². The van der Waals surface area contributed by atoms with E-state index >= 15 is 0 Å². The maximum Gasteiger partial charge on any atom is 0.258 e. The van der Waals surface area contributed by atoms with Crippen molar-refractivity contribution in [2.45, 2.75) is 30.3 Å². The van der Waals surface area contributed by atoms with Crippen LogP contribution in [0.25, 0.3) is 10.9 Å². The average molecular weight is 590 g/mol. The highest BCUT2D eigenvalue weighted by Crippen LogP contribution is 2.28. The van der Waals surface area contributed by atoms with Crippen LogP contribution >= 0.6 is 34.8 Å². The minimum absolute atomic E-state index is 0.0960. The summed E-state index contributed by atoms with van der Waals surface area (Å²) in [6.07, 6.45) is 4.48. The highest BCUT2D eigenvalue weighted by atomic mass is 35.5. The van der Waals surface area contributed by atoms with Crippen molar-refractivity contribution in [2.24, 2.45) is 5.10 Å². The lowest BCUT2D eigenvalue weighted by Crippen LogP contribution is -2.44. The second-order valence-corrected chi connectivity index (χ2v) is 12.1. The fourth-order valence-electron chi connectivity index (χ4n) is 4.61. The number of halogens is 3. The summed E-state index contributed by atoms with van der Waals surface area (Å²) in [6.45, 7) is 0.782. The van der Waals surface area contributed by atoms with Gasteiger partial charge < -0.3 is 4.57 Å². The highest BCUT2D eigenvalue weighted by Gasteiger charge is 2.39. The zero-order chi connectivity index (χ0) is 26.9. The van der Waals surface area contributed by atoms with Gasteiger partial charge in [0.15, 0.2) is 0 Å². The van der Waals surface area contributed by atoms with E-state index in [1.165, 1.54) is 28.6 Å². The van der Waals surface area contributed by atoms with Crippen LogP contribution < -0.4 is 5.43 Å². The Morgan fingerprint density at radius 3 is 2.53 bits per heavy atom. The van der Waals surface area contributed by atoms with E-state index in [0.29, 0.717) is 34.5 Å². The fourth-order valence-corrected chi connectivity index (χ4v) is 6.86. The van der Waals surface area contributed by atoms with Crippen molar-refractivity contribution >= 4 is 67.9 Å². The number of amides is 1. The summed E-state index contributed by atoms with van der Waals surface area (Å²) in [6, 6.07) is 18.3. The van der Waals surface area contributed by atoms with Crippen molar-refractivity contribution in [3.05, 3.63) is 99.1 Å². The van der Waals surface area contributed by atoms with Crippen LogP contribution in [0.3, 0.4) is 0 Å². The number of nitrogens with one attached hydrogen (secondary N) is 1. The van der Waals surface area contributed by atoms with E-state index in [9.17, 15) is 13.2 Å². The van der Waals surface area contributed by atoms with E-state index in [1.54, 1.807) is 18.3 Å². The lowest BCUT2D eigenvalue weighted by atomic mass is 10.2. The van der Waals surface area contributed by atoms with E-state index in [0.717, 1.165) is 22.0 Å². The van der Waals surface area contributed by atoms with Crippen LogP contribution in [0.1, 0.15) is 24.0 Å². The molecule has 2 heterocycles. The topological polar surface area (TPSA) is 83.8 Å². The third-order valence-electron chi connectivity index (χ3n) is 6.48. The van der Waals surface area contributed by atoms with Gasteiger partial charge in [0.05, 0.1) is 11.1 Å². The van der Waals surface area contributed by atoms with E-state index in [1.807, 2.05) is 41.1 Å². The van der Waals surface area contributed by atoms with E-state index in [-0.39, 0.29) is 11.4 Å². The molecule has 0 radical (unpaired) electrons. The van der Waals surface area contributed by atoms with Gasteiger partial charge in [0.25, 0.3) is 5.91 Å². The molecular weight excluding hydrogens is 567 g/mol. The van der Waals surface area contributed by atoms with Gasteiger partial charge in [0, 0.05) is 50.8 Å². The molecule has 0 bridgehead atoms. The minimum atomic E-state index is -3.85. The van der Waals surface area contributed by atoms with Crippen molar-refractivity contribution in [2.75, 3.05) is 6.54 Å². The smallest absolute Gasteiger partial charge is 0.258 e. The first kappa shape index (κ1) is 26.7. The number of hydrogen-bond acceptors (Lipinski definition) is 4. The minimum Gasteiger partial charge on any atom is -0.342 e. The molecule has 196 valence electrons. The van der Waals surface area contributed by atoms with Gasteiger partial charge in [-0.25, -0.2) is 13.8 Å². The number of hydrogen-bond donors (Lipinski definition) is 1. The first-order valence-corrected chi connectivity index (χ1v) is 14.4. The molecular formula is C27H23Cl3N4O3S. The Balaban J connectivity index is 1.33. The molecule has 4 aromatic rings. The van der Waals surface area contributed by atoms with Crippen molar-refractivity contribution in [1.82, 2.24) is 14.3 Å². The van der Waals surface area contributed by atoms with Crippen LogP contribution in [-0.4, -0.2) is 42.0 Å². The summed E-state index contributed by atoms with van der Waals surface area (Å²) in [5, 5.41) is 6.70. The predicted octanol–water partition coefficient (Wildman–Crippen LogP) is 5.95. The molecule has 3 aromatic carbocycles. The maximum atomic E-state index is 13.1. The number of aromatic nitrogens is 1. The number of para-hydroxylation sites is 1. The molecule has 1 fully saturated rings. The quantitative estimate of drug-likeness (QED) is 0.213. The molecule has 5 rings (SSSR count). The Bertz CT molecular complexity index is 1640. The van der Waals surface area contributed by atoms with Crippen molar-refractivity contribution in [3.63, 3.8) is 0 Å². The van der Waals surface area contributed by atoms with Gasteiger partial charge in [-0.2, -0.15) is 9.41 Å². The molecule has 7 nitrogen and oxygen atoms in total. The molecule has 0 spiro atoms. The van der Waals surface area contributed by atoms with Crippen LogP contribution in [0.2, 0.25) is 15.1 Å². The maximum absolute atomic E-state index is 13.1. The molecule has 1 atom stereocenters. The van der Waals surface area contributed by atoms with Gasteiger partial charge in [-0.1, -0.05) is 59.1 Å². The molecule has 1 N–H and O–H groups in total. The SMILES string of the molecule is O=C(N/N=C\c1cn(Cc2ccc(Cl)cc2Cl)c2ccccc12)[C@H]1CCCN1S(=O)(=O)c1ccc(Cl)cc1. The Labute approximate surface area is 235 Å². The lowest BCUT2D eigenvalue weighted by Gasteiger charge is -2.22. The average Bonchev–Trinajstić information content (AvgIpc) is 3.52. The summed E-state index contributed by atoms with van der Waals surface area (Å²) >= 11 is 18.3. The summed E-state index contributed by atoms with van der Waals surface area (Å²) in [4.78, 5) is 13.1. The lowest BCUT2D eigenvalue weighted by molar-refractivity contribution is -0.124. The fraction of sp³-hybridized carbons (Fsp3) is 0.185. The molecule has 11 heteroatoms. The summed E-state index contributed by atoms with van der Waals surface area (Å²) in [5.74, 6) is -0.479. The molecule has 1 aliphatic rings. The second-order valence-electron chi connectivity index (χ2n) is 8.93. The van der Waals surface area contributed by atoms with Gasteiger partial charge in [-0.3, -0.25) is 4.79 Å². The highest BCUT2D eigenvalue weighted by molar-refractivity contribution is 7.89. The Hall–Kier alpha value is -2.88. The summed E-state index contributed by atoms with van der Waals surface area (Å²) < 4.78 is 29.6. The van der Waals surface area contributed by atoms with E-state index < -0.39 is 22.0 Å². The van der Waals surface area contributed by atoms with Crippen LogP contribution in [0, 0.1) is 0 Å². The molecule has 1 aliphatic heterocycles. The zero-order valence-electron chi connectivity index (χ0n) is 20.0. The molecule has 1 amide bonds. The molecule has 0 unspecified atom stereocenters. The number of nitrogens with zero attached hydrogens (tertiary/aromatic N) is 3. The van der Waals surface area contributed by atoms with Crippen molar-refractivity contribution in [3.8, 4) is 0 Å². The number of fused-ring (bicyclic) bond motifs is 1. The number of benzene rings is 3.